The van der Waals surface area contributed by atoms with Gasteiger partial charge in [0.1, 0.15) is 0 Å². The highest BCUT2D eigenvalue weighted by molar-refractivity contribution is 7.22. The molecule has 0 radical (unpaired) electrons. The van der Waals surface area contributed by atoms with Crippen molar-refractivity contribution in [1.82, 2.24) is 4.98 Å². The van der Waals surface area contributed by atoms with Crippen molar-refractivity contribution in [1.29, 1.82) is 0 Å². The van der Waals surface area contributed by atoms with E-state index in [1.54, 1.807) is 12.1 Å². The molecule has 25 heavy (non-hydrogen) atoms. The number of benzene rings is 2. The number of carbonyl (C=O) groups excluding carboxylic acids is 1. The van der Waals surface area contributed by atoms with Crippen LogP contribution in [0.2, 0.25) is 0 Å². The van der Waals surface area contributed by atoms with Crippen LogP contribution in [-0.4, -0.2) is 32.2 Å². The number of anilines is 1. The van der Waals surface area contributed by atoms with Gasteiger partial charge in [0.2, 0.25) is 5.75 Å². The maximum absolute atomic E-state index is 12.6. The van der Waals surface area contributed by atoms with Gasteiger partial charge in [-0.05, 0) is 30.7 Å². The lowest BCUT2D eigenvalue weighted by molar-refractivity contribution is 0.102. The molecule has 0 fully saturated rings. The number of fused-ring (bicyclic) bond motifs is 1. The van der Waals surface area contributed by atoms with Gasteiger partial charge in [0.25, 0.3) is 5.91 Å². The Bertz CT molecular complexity index is 911. The highest BCUT2D eigenvalue weighted by Gasteiger charge is 2.18. The Hall–Kier alpha value is -2.80. The minimum absolute atomic E-state index is 0.295. The molecule has 0 unspecified atom stereocenters. The van der Waals surface area contributed by atoms with E-state index >= 15 is 0 Å². The largest absolute Gasteiger partial charge is 0.493 e. The minimum atomic E-state index is -0.295. The van der Waals surface area contributed by atoms with E-state index in [4.69, 9.17) is 14.2 Å². The first-order valence-corrected chi connectivity index (χ1v) is 8.36. The molecule has 7 heteroatoms. The lowest BCUT2D eigenvalue weighted by atomic mass is 10.1. The predicted molar refractivity (Wildman–Crippen MR) is 98.4 cm³/mol. The van der Waals surface area contributed by atoms with E-state index in [-0.39, 0.29) is 5.91 Å². The third-order valence-electron chi connectivity index (χ3n) is 3.77. The monoisotopic (exact) mass is 358 g/mol. The van der Waals surface area contributed by atoms with Crippen molar-refractivity contribution in [3.8, 4) is 17.2 Å². The van der Waals surface area contributed by atoms with E-state index in [1.807, 2.05) is 25.1 Å². The summed E-state index contributed by atoms with van der Waals surface area (Å²) in [6.07, 6.45) is 0. The zero-order valence-electron chi connectivity index (χ0n) is 14.4. The molecule has 0 saturated carbocycles. The summed E-state index contributed by atoms with van der Waals surface area (Å²) >= 11 is 1.43. The molecule has 0 aliphatic heterocycles. The van der Waals surface area contributed by atoms with E-state index in [0.29, 0.717) is 27.9 Å². The molecule has 0 aliphatic carbocycles. The molecule has 0 aliphatic rings. The lowest BCUT2D eigenvalue weighted by Gasteiger charge is -2.13. The molecule has 2 aromatic carbocycles. The highest BCUT2D eigenvalue weighted by atomic mass is 32.1. The number of aromatic nitrogens is 1. The molecule has 1 amide bonds. The van der Waals surface area contributed by atoms with Gasteiger partial charge in [0.15, 0.2) is 16.6 Å². The number of carbonyl (C=O) groups is 1. The van der Waals surface area contributed by atoms with Crippen molar-refractivity contribution in [2.45, 2.75) is 6.92 Å². The van der Waals surface area contributed by atoms with Gasteiger partial charge in [-0.1, -0.05) is 23.5 Å². The molecule has 6 nitrogen and oxygen atoms in total. The fraction of sp³-hybridized carbons (Fsp3) is 0.222. The first-order valence-electron chi connectivity index (χ1n) is 7.55. The van der Waals surface area contributed by atoms with Crippen LogP contribution in [0.15, 0.2) is 30.3 Å². The summed E-state index contributed by atoms with van der Waals surface area (Å²) in [7, 11) is 4.54. The second-order valence-corrected chi connectivity index (χ2v) is 6.34. The first kappa shape index (κ1) is 17.0. The van der Waals surface area contributed by atoms with Crippen molar-refractivity contribution in [2.75, 3.05) is 26.6 Å². The highest BCUT2D eigenvalue weighted by Crippen LogP contribution is 2.38. The number of hydrogen-bond acceptors (Lipinski definition) is 6. The number of hydrogen-bond donors (Lipinski definition) is 1. The van der Waals surface area contributed by atoms with E-state index < -0.39 is 0 Å². The molecule has 3 aromatic rings. The quantitative estimate of drug-likeness (QED) is 0.749. The second-order valence-electron chi connectivity index (χ2n) is 5.31. The summed E-state index contributed by atoms with van der Waals surface area (Å²) in [5, 5.41) is 3.38. The molecule has 0 atom stereocenters. The zero-order valence-corrected chi connectivity index (χ0v) is 15.2. The van der Waals surface area contributed by atoms with Gasteiger partial charge in [-0.15, -0.1) is 0 Å². The standard InChI is InChI=1S/C18H18N2O4S/c1-10-6-5-7-14-15(10)19-18(25-14)20-17(21)11-8-12(22-2)16(24-4)13(9-11)23-3/h5-9H,1-4H3,(H,19,20,21). The molecule has 130 valence electrons. The van der Waals surface area contributed by atoms with E-state index in [2.05, 4.69) is 10.3 Å². The number of ether oxygens (including phenoxy) is 3. The van der Waals surface area contributed by atoms with Crippen LogP contribution in [0.1, 0.15) is 15.9 Å². The molecule has 1 N–H and O–H groups in total. The van der Waals surface area contributed by atoms with Gasteiger partial charge in [0, 0.05) is 5.56 Å². The number of nitrogens with zero attached hydrogens (tertiary/aromatic N) is 1. The van der Waals surface area contributed by atoms with Crippen molar-refractivity contribution in [2.24, 2.45) is 0 Å². The SMILES string of the molecule is COc1cc(C(=O)Nc2nc3c(C)cccc3s2)cc(OC)c1OC. The normalized spacial score (nSPS) is 10.6. The Morgan fingerprint density at radius 1 is 1.08 bits per heavy atom. The van der Waals surface area contributed by atoms with Crippen LogP contribution in [-0.2, 0) is 0 Å². The third kappa shape index (κ3) is 3.23. The van der Waals surface area contributed by atoms with Crippen LogP contribution in [0.5, 0.6) is 17.2 Å². The van der Waals surface area contributed by atoms with Crippen LogP contribution in [0.25, 0.3) is 10.2 Å². The number of nitrogens with one attached hydrogen (secondary N) is 1. The van der Waals surface area contributed by atoms with Crippen molar-refractivity contribution in [3.63, 3.8) is 0 Å². The summed E-state index contributed by atoms with van der Waals surface area (Å²) in [4.78, 5) is 17.1. The van der Waals surface area contributed by atoms with E-state index in [9.17, 15) is 4.79 Å². The van der Waals surface area contributed by atoms with Gasteiger partial charge in [-0.3, -0.25) is 10.1 Å². The Labute approximate surface area is 149 Å². The Morgan fingerprint density at radius 3 is 2.32 bits per heavy atom. The Kier molecular flexibility index (Phi) is 4.76. The van der Waals surface area contributed by atoms with Crippen molar-refractivity contribution >= 4 is 32.6 Å². The van der Waals surface area contributed by atoms with Gasteiger partial charge < -0.3 is 14.2 Å². The van der Waals surface area contributed by atoms with Gasteiger partial charge in [-0.25, -0.2) is 4.98 Å². The number of aryl methyl sites for hydroxylation is 1. The number of rotatable bonds is 5. The van der Waals surface area contributed by atoms with Gasteiger partial charge in [0.05, 0.1) is 31.5 Å². The maximum Gasteiger partial charge on any atom is 0.257 e. The van der Waals surface area contributed by atoms with Crippen LogP contribution < -0.4 is 19.5 Å². The molecular formula is C18H18N2O4S. The van der Waals surface area contributed by atoms with Crippen molar-refractivity contribution < 1.29 is 19.0 Å². The lowest BCUT2D eigenvalue weighted by Crippen LogP contribution is -2.12. The zero-order chi connectivity index (χ0) is 18.0. The number of thiazole rings is 1. The van der Waals surface area contributed by atoms with Crippen LogP contribution in [0.3, 0.4) is 0 Å². The molecule has 1 aromatic heterocycles. The average molecular weight is 358 g/mol. The number of methoxy groups -OCH3 is 3. The molecule has 0 saturated heterocycles. The second kappa shape index (κ2) is 6.98. The summed E-state index contributed by atoms with van der Waals surface area (Å²) < 4.78 is 16.9. The first-order chi connectivity index (χ1) is 12.1. The number of para-hydroxylation sites is 1. The summed E-state index contributed by atoms with van der Waals surface area (Å²) in [6.45, 7) is 1.99. The summed E-state index contributed by atoms with van der Waals surface area (Å²) in [5.74, 6) is 0.993. The van der Waals surface area contributed by atoms with Gasteiger partial charge in [-0.2, -0.15) is 0 Å². The summed E-state index contributed by atoms with van der Waals surface area (Å²) in [5.41, 5.74) is 2.36. The molecule has 0 spiro atoms. The smallest absolute Gasteiger partial charge is 0.257 e. The molecular weight excluding hydrogens is 340 g/mol. The van der Waals surface area contributed by atoms with E-state index in [1.165, 1.54) is 32.7 Å². The fourth-order valence-electron chi connectivity index (χ4n) is 2.52. The third-order valence-corrected chi connectivity index (χ3v) is 4.70. The predicted octanol–water partition coefficient (Wildman–Crippen LogP) is 3.88. The van der Waals surface area contributed by atoms with Crippen LogP contribution >= 0.6 is 11.3 Å². The Balaban J connectivity index is 1.93. The van der Waals surface area contributed by atoms with Crippen molar-refractivity contribution in [3.05, 3.63) is 41.5 Å². The molecule has 1 heterocycles. The minimum Gasteiger partial charge on any atom is -0.493 e. The Morgan fingerprint density at radius 2 is 1.76 bits per heavy atom. The van der Waals surface area contributed by atoms with Crippen LogP contribution in [0.4, 0.5) is 5.13 Å². The van der Waals surface area contributed by atoms with Gasteiger partial charge >= 0.3 is 0 Å². The molecule has 0 bridgehead atoms. The van der Waals surface area contributed by atoms with Crippen LogP contribution in [0, 0.1) is 6.92 Å². The molecule has 3 rings (SSSR count). The van der Waals surface area contributed by atoms with E-state index in [0.717, 1.165) is 15.8 Å². The topological polar surface area (TPSA) is 69.7 Å². The average Bonchev–Trinajstić information content (AvgIpc) is 3.04. The summed E-state index contributed by atoms with van der Waals surface area (Å²) in [6, 6.07) is 9.16. The maximum atomic E-state index is 12.6. The number of amides is 1. The fourth-order valence-corrected chi connectivity index (χ4v) is 3.46.